The summed E-state index contributed by atoms with van der Waals surface area (Å²) in [6.45, 7) is 14.1. The summed E-state index contributed by atoms with van der Waals surface area (Å²) in [4.78, 5) is 21.1. The van der Waals surface area contributed by atoms with Crippen molar-refractivity contribution in [1.29, 1.82) is 0 Å². The van der Waals surface area contributed by atoms with Gasteiger partial charge < -0.3 is 9.47 Å². The van der Waals surface area contributed by atoms with E-state index in [1.54, 1.807) is 19.9 Å². The molecule has 0 spiro atoms. The lowest BCUT2D eigenvalue weighted by Crippen LogP contribution is -2.16. The van der Waals surface area contributed by atoms with Crippen LogP contribution >= 0.6 is 0 Å². The number of carbonyl (C=O) groups is 2. The van der Waals surface area contributed by atoms with Gasteiger partial charge in [-0.3, -0.25) is 0 Å². The Kier molecular flexibility index (Phi) is 6.71. The van der Waals surface area contributed by atoms with Gasteiger partial charge >= 0.3 is 11.9 Å². The van der Waals surface area contributed by atoms with Crippen molar-refractivity contribution in [3.63, 3.8) is 0 Å². The van der Waals surface area contributed by atoms with Crippen LogP contribution in [0.2, 0.25) is 0 Å². The van der Waals surface area contributed by atoms with Gasteiger partial charge in [0.05, 0.1) is 6.61 Å². The molecule has 0 bridgehead atoms. The Morgan fingerprint density at radius 2 is 1.89 bits per heavy atom. The molecule has 1 aliphatic carbocycles. The van der Waals surface area contributed by atoms with Crippen LogP contribution in [0.5, 0.6) is 0 Å². The highest BCUT2D eigenvalue weighted by atomic mass is 16.6. The molecule has 4 heteroatoms. The molecular formula is C14H20O4. The van der Waals surface area contributed by atoms with E-state index in [4.69, 9.17) is 4.74 Å². The molecule has 4 nitrogen and oxygen atoms in total. The first-order valence-electron chi connectivity index (χ1n) is 5.72. The molecular weight excluding hydrogens is 232 g/mol. The van der Waals surface area contributed by atoms with Crippen LogP contribution in [0.4, 0.5) is 0 Å². The molecule has 0 saturated heterocycles. The number of rotatable bonds is 5. The summed E-state index contributed by atoms with van der Waals surface area (Å²) in [6, 6.07) is 0. The maximum Gasteiger partial charge on any atom is 0.333 e. The summed E-state index contributed by atoms with van der Waals surface area (Å²) in [5.41, 5.74) is 0.0916. The Morgan fingerprint density at radius 3 is 2.11 bits per heavy atom. The van der Waals surface area contributed by atoms with Gasteiger partial charge in [-0.25, -0.2) is 9.59 Å². The van der Waals surface area contributed by atoms with Crippen LogP contribution in [0.1, 0.15) is 26.7 Å². The van der Waals surface area contributed by atoms with Crippen LogP contribution in [-0.2, 0) is 19.1 Å². The van der Waals surface area contributed by atoms with E-state index in [0.717, 1.165) is 18.9 Å². The zero-order valence-electron chi connectivity index (χ0n) is 11.0. The monoisotopic (exact) mass is 252 g/mol. The van der Waals surface area contributed by atoms with Crippen molar-refractivity contribution in [1.82, 2.24) is 0 Å². The minimum atomic E-state index is -0.359. The second-order valence-electron chi connectivity index (χ2n) is 3.89. The van der Waals surface area contributed by atoms with Gasteiger partial charge in [0, 0.05) is 11.6 Å². The summed E-state index contributed by atoms with van der Waals surface area (Å²) >= 11 is 0. The van der Waals surface area contributed by atoms with E-state index in [0.29, 0.717) is 12.2 Å². The lowest BCUT2D eigenvalue weighted by atomic mass is 10.3. The van der Waals surface area contributed by atoms with Gasteiger partial charge in [-0.15, -0.1) is 0 Å². The van der Waals surface area contributed by atoms with Crippen molar-refractivity contribution in [2.24, 2.45) is 0 Å². The normalized spacial score (nSPS) is 14.3. The number of ether oxygens (including phenoxy) is 2. The molecule has 0 radical (unpaired) electrons. The summed E-state index contributed by atoms with van der Waals surface area (Å²) in [6.07, 6.45) is 4.63. The maximum absolute atomic E-state index is 11.0. The molecule has 0 unspecified atom stereocenters. The molecule has 1 rings (SSSR count). The van der Waals surface area contributed by atoms with Gasteiger partial charge in [-0.1, -0.05) is 19.7 Å². The van der Waals surface area contributed by atoms with Gasteiger partial charge in [0.25, 0.3) is 0 Å². The quantitative estimate of drug-likeness (QED) is 0.428. The lowest BCUT2D eigenvalue weighted by molar-refractivity contribution is -0.143. The summed E-state index contributed by atoms with van der Waals surface area (Å²) in [5.74, 6) is -0.676. The van der Waals surface area contributed by atoms with Gasteiger partial charge in [-0.2, -0.15) is 0 Å². The number of carbonyl (C=O) groups excluding carboxylic acids is 2. The number of esters is 2. The number of hydrogen-bond donors (Lipinski definition) is 0. The highest BCUT2D eigenvalue weighted by Crippen LogP contribution is 2.40. The summed E-state index contributed by atoms with van der Waals surface area (Å²) in [7, 11) is 0. The molecule has 0 aromatic rings. The Bertz CT molecular complexity index is 351. The van der Waals surface area contributed by atoms with Crippen molar-refractivity contribution in [2.75, 3.05) is 6.61 Å². The number of hydrogen-bond acceptors (Lipinski definition) is 4. The Morgan fingerprint density at radius 1 is 1.33 bits per heavy atom. The predicted octanol–water partition coefficient (Wildman–Crippen LogP) is 2.56. The molecule has 1 saturated carbocycles. The third kappa shape index (κ3) is 6.03. The van der Waals surface area contributed by atoms with Crippen LogP contribution in [0.15, 0.2) is 37.5 Å². The molecule has 0 atom stereocenters. The van der Waals surface area contributed by atoms with E-state index in [1.165, 1.54) is 0 Å². The second kappa shape index (κ2) is 7.48. The van der Waals surface area contributed by atoms with Crippen LogP contribution in [0, 0.1) is 0 Å². The fourth-order valence-electron chi connectivity index (χ4n) is 0.944. The van der Waals surface area contributed by atoms with E-state index >= 15 is 0 Å². The molecule has 1 fully saturated rings. The van der Waals surface area contributed by atoms with Gasteiger partial charge in [0.2, 0.25) is 0 Å². The smallest absolute Gasteiger partial charge is 0.333 e. The molecule has 18 heavy (non-hydrogen) atoms. The summed E-state index contributed by atoms with van der Waals surface area (Å²) < 4.78 is 9.54. The molecule has 0 aromatic heterocycles. The average molecular weight is 252 g/mol. The van der Waals surface area contributed by atoms with E-state index in [9.17, 15) is 9.59 Å². The minimum Gasteiger partial charge on any atom is -0.463 e. The minimum absolute atomic E-state index is 0.317. The van der Waals surface area contributed by atoms with E-state index < -0.39 is 0 Å². The molecule has 100 valence electrons. The fraction of sp³-hybridized carbons (Fsp3) is 0.429. The Labute approximate surface area is 108 Å². The van der Waals surface area contributed by atoms with Crippen LogP contribution in [0.3, 0.4) is 0 Å². The fourth-order valence-corrected chi connectivity index (χ4v) is 0.944. The summed E-state index contributed by atoms with van der Waals surface area (Å²) in [5, 5.41) is 0. The highest BCUT2D eigenvalue weighted by Gasteiger charge is 2.43. The van der Waals surface area contributed by atoms with Crippen molar-refractivity contribution in [3.8, 4) is 0 Å². The Hall–Kier alpha value is -1.84. The van der Waals surface area contributed by atoms with Crippen molar-refractivity contribution < 1.29 is 19.1 Å². The standard InChI is InChI=1S/C9H12O2.C5H8O2/c1-4-9(5-6-9)11-8(10)7(2)3;1-3-5(6)7-4-2/h4H,1-2,5-6H2,3H3;3H,1,4H2,2H3. The van der Waals surface area contributed by atoms with Crippen molar-refractivity contribution in [2.45, 2.75) is 32.3 Å². The van der Waals surface area contributed by atoms with E-state index in [1.807, 2.05) is 0 Å². The predicted molar refractivity (Wildman–Crippen MR) is 69.9 cm³/mol. The molecule has 0 amide bonds. The largest absolute Gasteiger partial charge is 0.463 e. The molecule has 0 heterocycles. The third-order valence-corrected chi connectivity index (χ3v) is 2.21. The highest BCUT2D eigenvalue weighted by molar-refractivity contribution is 5.87. The molecule has 1 aliphatic rings. The van der Waals surface area contributed by atoms with Crippen LogP contribution in [0.25, 0.3) is 0 Å². The first-order valence-corrected chi connectivity index (χ1v) is 5.72. The molecule has 0 aliphatic heterocycles. The van der Waals surface area contributed by atoms with Crippen molar-refractivity contribution in [3.05, 3.63) is 37.5 Å². The van der Waals surface area contributed by atoms with Crippen LogP contribution in [-0.4, -0.2) is 24.1 Å². The van der Waals surface area contributed by atoms with Gasteiger partial charge in [0.1, 0.15) is 5.60 Å². The maximum atomic E-state index is 11.0. The van der Waals surface area contributed by atoms with Gasteiger partial charge in [0.15, 0.2) is 0 Å². The van der Waals surface area contributed by atoms with E-state index in [-0.39, 0.29) is 17.5 Å². The topological polar surface area (TPSA) is 52.6 Å². The molecule has 0 N–H and O–H groups in total. The zero-order valence-corrected chi connectivity index (χ0v) is 11.0. The van der Waals surface area contributed by atoms with Crippen molar-refractivity contribution >= 4 is 11.9 Å². The third-order valence-electron chi connectivity index (χ3n) is 2.21. The lowest BCUT2D eigenvalue weighted by Gasteiger charge is -2.10. The molecule has 0 aromatic carbocycles. The zero-order chi connectivity index (χ0) is 14.2. The SMILES string of the molecule is C=CC(=O)OCC.C=CC1(OC(=O)C(=C)C)CC1. The average Bonchev–Trinajstić information content (AvgIpc) is 3.10. The van der Waals surface area contributed by atoms with Gasteiger partial charge in [-0.05, 0) is 32.8 Å². The first kappa shape index (κ1) is 16.2. The second-order valence-corrected chi connectivity index (χ2v) is 3.89. The van der Waals surface area contributed by atoms with E-state index in [2.05, 4.69) is 24.5 Å². The van der Waals surface area contributed by atoms with Crippen LogP contribution < -0.4 is 0 Å². The Balaban J connectivity index is 0.000000360. The first-order chi connectivity index (χ1) is 8.40.